The van der Waals surface area contributed by atoms with Crippen molar-refractivity contribution in [3.05, 3.63) is 41.3 Å². The summed E-state index contributed by atoms with van der Waals surface area (Å²) in [5.74, 6) is 0.138. The summed E-state index contributed by atoms with van der Waals surface area (Å²) < 4.78 is 24.5. The minimum absolute atomic E-state index is 0.138. The van der Waals surface area contributed by atoms with Gasteiger partial charge < -0.3 is 0 Å². The predicted octanol–water partition coefficient (Wildman–Crippen LogP) is 2.49. The molecule has 0 heterocycles. The number of allylic oxidation sites excluding steroid dienone is 2. The second kappa shape index (κ2) is 4.84. The van der Waals surface area contributed by atoms with Gasteiger partial charge in [0.1, 0.15) is 5.78 Å². The third-order valence-electron chi connectivity index (χ3n) is 2.84. The van der Waals surface area contributed by atoms with Crippen LogP contribution in [-0.2, 0) is 14.6 Å². The van der Waals surface area contributed by atoms with Crippen molar-refractivity contribution in [3.8, 4) is 0 Å². The van der Waals surface area contributed by atoms with Crippen molar-refractivity contribution in [2.45, 2.75) is 30.6 Å². The van der Waals surface area contributed by atoms with Crippen molar-refractivity contribution in [1.29, 1.82) is 0 Å². The lowest BCUT2D eigenvalue weighted by atomic mass is 10.2. The Bertz CT molecular complexity index is 541. The van der Waals surface area contributed by atoms with E-state index in [4.69, 9.17) is 0 Å². The second-order valence-corrected chi connectivity index (χ2v) is 6.07. The summed E-state index contributed by atoms with van der Waals surface area (Å²) in [7, 11) is -3.40. The van der Waals surface area contributed by atoms with Gasteiger partial charge in [-0.25, -0.2) is 8.42 Å². The average molecular weight is 250 g/mol. The normalized spacial score (nSPS) is 17.4. The van der Waals surface area contributed by atoms with Crippen molar-refractivity contribution in [2.24, 2.45) is 0 Å². The molecule has 1 aromatic carbocycles. The van der Waals surface area contributed by atoms with Crippen LogP contribution in [0.3, 0.4) is 0 Å². The molecule has 3 nitrogen and oxygen atoms in total. The van der Waals surface area contributed by atoms with Crippen LogP contribution in [0.4, 0.5) is 0 Å². The molecule has 0 aromatic heterocycles. The monoisotopic (exact) mass is 250 g/mol. The van der Waals surface area contributed by atoms with E-state index in [0.717, 1.165) is 0 Å². The fraction of sp³-hybridized carbons (Fsp3) is 0.308. The minimum atomic E-state index is -3.40. The first kappa shape index (κ1) is 12.0. The summed E-state index contributed by atoms with van der Waals surface area (Å²) >= 11 is 0. The van der Waals surface area contributed by atoms with Crippen molar-refractivity contribution in [3.63, 3.8) is 0 Å². The highest BCUT2D eigenvalue weighted by atomic mass is 32.2. The molecule has 4 heteroatoms. The lowest BCUT2D eigenvalue weighted by molar-refractivity contribution is -0.118. The Morgan fingerprint density at radius 3 is 2.35 bits per heavy atom. The van der Waals surface area contributed by atoms with Gasteiger partial charge in [0, 0.05) is 17.7 Å². The van der Waals surface area contributed by atoms with Crippen molar-refractivity contribution >= 4 is 15.6 Å². The summed E-state index contributed by atoms with van der Waals surface area (Å²) in [6.45, 7) is 0. The van der Waals surface area contributed by atoms with E-state index in [2.05, 4.69) is 0 Å². The van der Waals surface area contributed by atoms with Gasteiger partial charge >= 0.3 is 0 Å². The number of hydrogen-bond acceptors (Lipinski definition) is 3. The van der Waals surface area contributed by atoms with E-state index >= 15 is 0 Å². The Labute approximate surface area is 101 Å². The van der Waals surface area contributed by atoms with Gasteiger partial charge in [-0.15, -0.1) is 0 Å². The molecule has 1 aliphatic rings. The average Bonchev–Trinajstić information content (AvgIpc) is 2.55. The molecule has 0 saturated heterocycles. The van der Waals surface area contributed by atoms with Gasteiger partial charge in [-0.2, -0.15) is 0 Å². The molecule has 0 N–H and O–H groups in total. The lowest BCUT2D eigenvalue weighted by Gasteiger charge is -2.06. The zero-order chi connectivity index (χ0) is 12.3. The summed E-state index contributed by atoms with van der Waals surface area (Å²) in [4.78, 5) is 12.0. The van der Waals surface area contributed by atoms with E-state index in [1.807, 2.05) is 0 Å². The fourth-order valence-electron chi connectivity index (χ4n) is 1.88. The molecule has 0 bridgehead atoms. The highest BCUT2D eigenvalue weighted by Gasteiger charge is 2.22. The molecule has 0 radical (unpaired) electrons. The maximum atomic E-state index is 12.3. The molecule has 0 amide bonds. The van der Waals surface area contributed by atoms with Crippen LogP contribution in [0.15, 0.2) is 46.2 Å². The predicted molar refractivity (Wildman–Crippen MR) is 65.2 cm³/mol. The largest absolute Gasteiger partial charge is 0.300 e. The minimum Gasteiger partial charge on any atom is -0.300 e. The number of rotatable bonds is 2. The van der Waals surface area contributed by atoms with Crippen LogP contribution >= 0.6 is 0 Å². The van der Waals surface area contributed by atoms with E-state index in [-0.39, 0.29) is 5.78 Å². The molecule has 17 heavy (non-hydrogen) atoms. The van der Waals surface area contributed by atoms with Gasteiger partial charge in [-0.3, -0.25) is 4.79 Å². The molecule has 1 aromatic rings. The third kappa shape index (κ3) is 2.64. The molecular weight excluding hydrogens is 236 g/mol. The van der Waals surface area contributed by atoms with Crippen molar-refractivity contribution in [2.75, 3.05) is 0 Å². The Balaban J connectivity index is 2.33. The van der Waals surface area contributed by atoms with Gasteiger partial charge in [0.2, 0.25) is 9.84 Å². The van der Waals surface area contributed by atoms with Crippen LogP contribution in [0, 0.1) is 0 Å². The van der Waals surface area contributed by atoms with Crippen LogP contribution in [0.5, 0.6) is 0 Å². The maximum Gasteiger partial charge on any atom is 0.202 e. The Hall–Kier alpha value is -1.42. The van der Waals surface area contributed by atoms with E-state index in [1.165, 1.54) is 0 Å². The molecule has 0 spiro atoms. The van der Waals surface area contributed by atoms with Crippen LogP contribution in [0.2, 0.25) is 0 Å². The number of benzene rings is 1. The standard InChI is InChI=1S/C13H14O3S/c14-11-5-4-8-13(10-9-11)17(15,16)12-6-2-1-3-7-12/h1-3,6-8H,4-5,9-10H2. The Morgan fingerprint density at radius 2 is 1.65 bits per heavy atom. The van der Waals surface area contributed by atoms with Gasteiger partial charge in [0.15, 0.2) is 0 Å². The molecule has 0 saturated carbocycles. The SMILES string of the molecule is O=C1CCC=C(S(=O)(=O)c2ccccc2)CC1. The molecule has 0 unspecified atom stereocenters. The van der Waals surface area contributed by atoms with Gasteiger partial charge in [-0.1, -0.05) is 24.3 Å². The van der Waals surface area contributed by atoms with Crippen LogP contribution in [0.1, 0.15) is 25.7 Å². The van der Waals surface area contributed by atoms with E-state index in [0.29, 0.717) is 35.5 Å². The fourth-order valence-corrected chi connectivity index (χ4v) is 3.41. The molecule has 0 aliphatic heterocycles. The Morgan fingerprint density at radius 1 is 0.941 bits per heavy atom. The van der Waals surface area contributed by atoms with E-state index < -0.39 is 9.84 Å². The summed E-state index contributed by atoms with van der Waals surface area (Å²) in [6.07, 6.45) is 3.33. The molecule has 90 valence electrons. The molecular formula is C13H14O3S. The first-order valence-corrected chi connectivity index (χ1v) is 7.10. The van der Waals surface area contributed by atoms with Crippen molar-refractivity contribution < 1.29 is 13.2 Å². The number of carbonyl (C=O) groups is 1. The third-order valence-corrected chi connectivity index (χ3v) is 4.80. The summed E-state index contributed by atoms with van der Waals surface area (Å²) in [5, 5.41) is 0. The smallest absolute Gasteiger partial charge is 0.202 e. The first-order valence-electron chi connectivity index (χ1n) is 5.61. The topological polar surface area (TPSA) is 51.2 Å². The second-order valence-electron chi connectivity index (χ2n) is 4.06. The molecule has 2 rings (SSSR count). The van der Waals surface area contributed by atoms with E-state index in [1.54, 1.807) is 36.4 Å². The number of Topliss-reactive ketones (excluding diaryl/α,β-unsaturated/α-hetero) is 1. The first-order chi connectivity index (χ1) is 8.10. The van der Waals surface area contributed by atoms with Crippen LogP contribution in [-0.4, -0.2) is 14.2 Å². The number of ketones is 1. The van der Waals surface area contributed by atoms with Gasteiger partial charge in [0.25, 0.3) is 0 Å². The Kier molecular flexibility index (Phi) is 3.43. The highest BCUT2D eigenvalue weighted by molar-refractivity contribution is 7.95. The zero-order valence-corrected chi connectivity index (χ0v) is 10.2. The van der Waals surface area contributed by atoms with Gasteiger partial charge in [-0.05, 0) is 25.0 Å². The van der Waals surface area contributed by atoms with Gasteiger partial charge in [0.05, 0.1) is 4.90 Å². The summed E-state index contributed by atoms with van der Waals surface area (Å²) in [5.41, 5.74) is 0. The van der Waals surface area contributed by atoms with E-state index in [9.17, 15) is 13.2 Å². The summed E-state index contributed by atoms with van der Waals surface area (Å²) in [6, 6.07) is 8.36. The zero-order valence-electron chi connectivity index (χ0n) is 9.43. The molecule has 0 atom stereocenters. The number of hydrogen-bond donors (Lipinski definition) is 0. The van der Waals surface area contributed by atoms with Crippen LogP contribution < -0.4 is 0 Å². The maximum absolute atomic E-state index is 12.3. The number of sulfone groups is 1. The quantitative estimate of drug-likeness (QED) is 0.810. The number of carbonyl (C=O) groups excluding carboxylic acids is 1. The lowest BCUT2D eigenvalue weighted by Crippen LogP contribution is -2.05. The molecule has 1 aliphatic carbocycles. The van der Waals surface area contributed by atoms with Crippen molar-refractivity contribution in [1.82, 2.24) is 0 Å². The van der Waals surface area contributed by atoms with Crippen LogP contribution in [0.25, 0.3) is 0 Å². The highest BCUT2D eigenvalue weighted by Crippen LogP contribution is 2.25. The molecule has 0 fully saturated rings.